The summed E-state index contributed by atoms with van der Waals surface area (Å²) < 4.78 is 5.25. The molecule has 4 nitrogen and oxygen atoms in total. The third kappa shape index (κ3) is 3.42. The van der Waals surface area contributed by atoms with Crippen molar-refractivity contribution in [2.75, 3.05) is 6.61 Å². The molecule has 2 N–H and O–H groups in total. The highest BCUT2D eigenvalue weighted by Gasteiger charge is 2.20. The van der Waals surface area contributed by atoms with Gasteiger partial charge in [-0.1, -0.05) is 60.7 Å². The maximum atomic E-state index is 12.5. The standard InChI is InChI=1S/C23H20N2O2/c1-2-27-23(26)22-18(15-21(25-22)17-11-7-4-8-12-17)20-14-13-19(24-20)16-9-5-3-6-10-16/h3-15,24-25H,2H2,1H3. The van der Waals surface area contributed by atoms with Crippen LogP contribution in [0, 0.1) is 0 Å². The molecule has 0 saturated carbocycles. The number of ether oxygens (including phenoxy) is 1. The predicted octanol–water partition coefficient (Wildman–Crippen LogP) is 5.52. The Morgan fingerprint density at radius 1 is 0.778 bits per heavy atom. The summed E-state index contributed by atoms with van der Waals surface area (Å²) in [5.74, 6) is -0.356. The Kier molecular flexibility index (Phi) is 4.62. The zero-order valence-electron chi connectivity index (χ0n) is 15.0. The molecule has 4 aromatic rings. The second kappa shape index (κ2) is 7.38. The third-order valence-corrected chi connectivity index (χ3v) is 4.44. The Bertz CT molecular complexity index is 1050. The van der Waals surface area contributed by atoms with Gasteiger partial charge in [0.2, 0.25) is 0 Å². The van der Waals surface area contributed by atoms with E-state index in [2.05, 4.69) is 9.97 Å². The van der Waals surface area contributed by atoms with E-state index in [0.29, 0.717) is 12.3 Å². The van der Waals surface area contributed by atoms with Gasteiger partial charge in [0.1, 0.15) is 5.69 Å². The minimum atomic E-state index is -0.356. The van der Waals surface area contributed by atoms with Crippen LogP contribution in [0.1, 0.15) is 17.4 Å². The molecule has 134 valence electrons. The van der Waals surface area contributed by atoms with Gasteiger partial charge in [0.05, 0.1) is 6.61 Å². The van der Waals surface area contributed by atoms with Gasteiger partial charge >= 0.3 is 5.97 Å². The van der Waals surface area contributed by atoms with Crippen molar-refractivity contribution >= 4 is 5.97 Å². The molecule has 0 amide bonds. The van der Waals surface area contributed by atoms with Crippen LogP contribution in [-0.4, -0.2) is 22.5 Å². The molecule has 0 bridgehead atoms. The summed E-state index contributed by atoms with van der Waals surface area (Å²) in [5, 5.41) is 0. The van der Waals surface area contributed by atoms with E-state index in [9.17, 15) is 4.79 Å². The largest absolute Gasteiger partial charge is 0.461 e. The highest BCUT2D eigenvalue weighted by Crippen LogP contribution is 2.31. The Morgan fingerprint density at radius 3 is 2.00 bits per heavy atom. The fourth-order valence-corrected chi connectivity index (χ4v) is 3.14. The molecule has 4 rings (SSSR count). The summed E-state index contributed by atoms with van der Waals surface area (Å²) >= 11 is 0. The normalized spacial score (nSPS) is 10.7. The Labute approximate surface area is 157 Å². The number of hydrogen-bond acceptors (Lipinski definition) is 2. The van der Waals surface area contributed by atoms with Crippen LogP contribution >= 0.6 is 0 Å². The van der Waals surface area contributed by atoms with E-state index in [4.69, 9.17) is 4.74 Å². The third-order valence-electron chi connectivity index (χ3n) is 4.44. The van der Waals surface area contributed by atoms with Gasteiger partial charge in [-0.2, -0.15) is 0 Å². The maximum absolute atomic E-state index is 12.5. The van der Waals surface area contributed by atoms with Crippen molar-refractivity contribution in [2.45, 2.75) is 6.92 Å². The molecule has 0 aliphatic heterocycles. The van der Waals surface area contributed by atoms with Crippen LogP contribution in [0.2, 0.25) is 0 Å². The molecule has 27 heavy (non-hydrogen) atoms. The van der Waals surface area contributed by atoms with Crippen molar-refractivity contribution in [3.05, 3.63) is 84.6 Å². The highest BCUT2D eigenvalue weighted by molar-refractivity contribution is 5.97. The number of benzene rings is 2. The predicted molar refractivity (Wildman–Crippen MR) is 107 cm³/mol. The number of hydrogen-bond donors (Lipinski definition) is 2. The topological polar surface area (TPSA) is 57.9 Å². The van der Waals surface area contributed by atoms with Crippen LogP contribution in [0.25, 0.3) is 33.8 Å². The molecule has 2 heterocycles. The van der Waals surface area contributed by atoms with Gasteiger partial charge < -0.3 is 14.7 Å². The number of aromatic amines is 2. The van der Waals surface area contributed by atoms with E-state index in [1.165, 1.54) is 0 Å². The van der Waals surface area contributed by atoms with Crippen molar-refractivity contribution in [2.24, 2.45) is 0 Å². The smallest absolute Gasteiger partial charge is 0.355 e. The lowest BCUT2D eigenvalue weighted by atomic mass is 10.1. The van der Waals surface area contributed by atoms with E-state index >= 15 is 0 Å². The lowest BCUT2D eigenvalue weighted by molar-refractivity contribution is 0.0521. The average molecular weight is 356 g/mol. The zero-order chi connectivity index (χ0) is 18.6. The van der Waals surface area contributed by atoms with Crippen LogP contribution in [0.3, 0.4) is 0 Å². The van der Waals surface area contributed by atoms with E-state index in [1.807, 2.05) is 78.9 Å². The summed E-state index contributed by atoms with van der Waals surface area (Å²) in [6.45, 7) is 2.14. The van der Waals surface area contributed by atoms with Gasteiger partial charge in [0.15, 0.2) is 0 Å². The Hall–Kier alpha value is -3.53. The van der Waals surface area contributed by atoms with E-state index < -0.39 is 0 Å². The van der Waals surface area contributed by atoms with Crippen molar-refractivity contribution in [3.63, 3.8) is 0 Å². The molecule has 0 unspecified atom stereocenters. The van der Waals surface area contributed by atoms with Gasteiger partial charge in [-0.25, -0.2) is 4.79 Å². The average Bonchev–Trinajstić information content (AvgIpc) is 3.37. The molecule has 0 radical (unpaired) electrons. The SMILES string of the molecule is CCOC(=O)c1[nH]c(-c2ccccc2)cc1-c1ccc(-c2ccccc2)[nH]1. The van der Waals surface area contributed by atoms with Gasteiger partial charge in [-0.05, 0) is 36.2 Å². The van der Waals surface area contributed by atoms with Crippen molar-refractivity contribution in [3.8, 4) is 33.8 Å². The second-order valence-electron chi connectivity index (χ2n) is 6.21. The van der Waals surface area contributed by atoms with Gasteiger partial charge in [0.25, 0.3) is 0 Å². The zero-order valence-corrected chi connectivity index (χ0v) is 15.0. The summed E-state index contributed by atoms with van der Waals surface area (Å²) in [5.41, 5.74) is 6.12. The number of H-pyrrole nitrogens is 2. The minimum Gasteiger partial charge on any atom is -0.461 e. The first-order chi connectivity index (χ1) is 13.3. The molecule has 4 heteroatoms. The van der Waals surface area contributed by atoms with Crippen molar-refractivity contribution in [1.82, 2.24) is 9.97 Å². The van der Waals surface area contributed by atoms with Crippen LogP contribution in [0.15, 0.2) is 78.9 Å². The molecule has 2 aromatic carbocycles. The highest BCUT2D eigenvalue weighted by atomic mass is 16.5. The number of esters is 1. The molecular formula is C23H20N2O2. The first kappa shape index (κ1) is 16.9. The summed E-state index contributed by atoms with van der Waals surface area (Å²) in [6.07, 6.45) is 0. The van der Waals surface area contributed by atoms with Crippen molar-refractivity contribution < 1.29 is 9.53 Å². The lowest BCUT2D eigenvalue weighted by Crippen LogP contribution is -2.06. The Morgan fingerprint density at radius 2 is 1.37 bits per heavy atom. The van der Waals surface area contributed by atoms with E-state index in [-0.39, 0.29) is 5.97 Å². The Balaban J connectivity index is 1.78. The summed E-state index contributed by atoms with van der Waals surface area (Å²) in [6, 6.07) is 26.0. The number of nitrogens with one attached hydrogen (secondary N) is 2. The molecule has 0 atom stereocenters. The fraction of sp³-hybridized carbons (Fsp3) is 0.0870. The molecule has 0 spiro atoms. The van der Waals surface area contributed by atoms with E-state index in [1.54, 1.807) is 6.92 Å². The quantitative estimate of drug-likeness (QED) is 0.463. The minimum absolute atomic E-state index is 0.331. The molecule has 0 fully saturated rings. The van der Waals surface area contributed by atoms with Gasteiger partial charge in [0, 0.05) is 22.6 Å². The lowest BCUT2D eigenvalue weighted by Gasteiger charge is -2.03. The van der Waals surface area contributed by atoms with Gasteiger partial charge in [-0.3, -0.25) is 0 Å². The molecule has 0 saturated heterocycles. The number of aromatic nitrogens is 2. The van der Waals surface area contributed by atoms with Crippen molar-refractivity contribution in [1.29, 1.82) is 0 Å². The second-order valence-corrected chi connectivity index (χ2v) is 6.21. The molecule has 2 aromatic heterocycles. The number of carbonyl (C=O) groups is 1. The monoisotopic (exact) mass is 356 g/mol. The molecule has 0 aliphatic rings. The van der Waals surface area contributed by atoms with Crippen LogP contribution in [0.5, 0.6) is 0 Å². The molecular weight excluding hydrogens is 336 g/mol. The van der Waals surface area contributed by atoms with E-state index in [0.717, 1.165) is 33.8 Å². The van der Waals surface area contributed by atoms with Gasteiger partial charge in [-0.15, -0.1) is 0 Å². The fourth-order valence-electron chi connectivity index (χ4n) is 3.14. The number of rotatable bonds is 5. The first-order valence-electron chi connectivity index (χ1n) is 8.96. The number of carbonyl (C=O) groups excluding carboxylic acids is 1. The first-order valence-corrected chi connectivity index (χ1v) is 8.96. The maximum Gasteiger partial charge on any atom is 0.355 e. The van der Waals surface area contributed by atoms with Crippen LogP contribution in [0.4, 0.5) is 0 Å². The van der Waals surface area contributed by atoms with Crippen LogP contribution in [-0.2, 0) is 4.74 Å². The van der Waals surface area contributed by atoms with Crippen LogP contribution < -0.4 is 0 Å². The summed E-state index contributed by atoms with van der Waals surface area (Å²) in [4.78, 5) is 19.1. The summed E-state index contributed by atoms with van der Waals surface area (Å²) in [7, 11) is 0. The molecule has 0 aliphatic carbocycles.